The van der Waals surface area contributed by atoms with Crippen LogP contribution in [0.1, 0.15) is 35.2 Å². The molecule has 0 aliphatic carbocycles. The van der Waals surface area contributed by atoms with Gasteiger partial charge in [-0.05, 0) is 29.7 Å². The predicted octanol–water partition coefficient (Wildman–Crippen LogP) is 5.64. The van der Waals surface area contributed by atoms with Gasteiger partial charge in [0, 0.05) is 54.6 Å². The van der Waals surface area contributed by atoms with Crippen LogP contribution in [0.5, 0.6) is 0 Å². The van der Waals surface area contributed by atoms with Crippen molar-refractivity contribution in [3.8, 4) is 12.3 Å². The average Bonchev–Trinajstić information content (AvgIpc) is 3.12. The third-order valence-electron chi connectivity index (χ3n) is 5.41. The van der Waals surface area contributed by atoms with Gasteiger partial charge in [0.05, 0.1) is 5.52 Å². The van der Waals surface area contributed by atoms with Crippen molar-refractivity contribution in [1.82, 2.24) is 9.47 Å². The van der Waals surface area contributed by atoms with Crippen LogP contribution in [0.3, 0.4) is 0 Å². The smallest absolute Gasteiger partial charge is 0.232 e. The molecule has 0 radical (unpaired) electrons. The van der Waals surface area contributed by atoms with Gasteiger partial charge in [-0.2, -0.15) is 0 Å². The van der Waals surface area contributed by atoms with Gasteiger partial charge in [0.25, 0.3) is 0 Å². The molecule has 3 aromatic rings. The monoisotopic (exact) mass is 402 g/mol. The highest BCUT2D eigenvalue weighted by atomic mass is 35.5. The Bertz CT molecular complexity index is 1110. The Labute approximate surface area is 176 Å². The van der Waals surface area contributed by atoms with Crippen LogP contribution in [0, 0.1) is 12.3 Å². The summed E-state index contributed by atoms with van der Waals surface area (Å²) in [6.45, 7) is 2.84. The first-order valence-corrected chi connectivity index (χ1v) is 10.3. The first-order chi connectivity index (χ1) is 14.2. The van der Waals surface area contributed by atoms with Gasteiger partial charge in [-0.15, -0.1) is 12.3 Å². The molecular weight excluding hydrogens is 380 g/mol. The standard InChI is InChI=1S/C25H23ClN2O/c1-2-3-9-25(29)28-18-23(22-11-10-21(26)16-24(22)28)20-12-14-27(15-13-20)17-19-7-5-4-6-8-19/h1,4-8,10-12,16,18H,3,9,13-15,17H2. The summed E-state index contributed by atoms with van der Waals surface area (Å²) in [5, 5.41) is 1.69. The Kier molecular flexibility index (Phi) is 5.85. The minimum Gasteiger partial charge on any atom is -0.295 e. The highest BCUT2D eigenvalue weighted by Crippen LogP contribution is 2.33. The summed E-state index contributed by atoms with van der Waals surface area (Å²) in [6, 6.07) is 16.3. The number of benzene rings is 2. The molecule has 146 valence electrons. The summed E-state index contributed by atoms with van der Waals surface area (Å²) in [6.07, 6.45) is 11.3. The van der Waals surface area contributed by atoms with Crippen molar-refractivity contribution in [2.45, 2.75) is 25.8 Å². The Morgan fingerprint density at radius 2 is 2.00 bits per heavy atom. The summed E-state index contributed by atoms with van der Waals surface area (Å²) < 4.78 is 1.71. The van der Waals surface area contributed by atoms with Gasteiger partial charge in [0.2, 0.25) is 5.91 Å². The molecule has 0 fully saturated rings. The van der Waals surface area contributed by atoms with E-state index in [4.69, 9.17) is 18.0 Å². The second-order valence-corrected chi connectivity index (χ2v) is 7.81. The summed E-state index contributed by atoms with van der Waals surface area (Å²) in [5.41, 5.74) is 4.58. The van der Waals surface area contributed by atoms with E-state index in [1.54, 1.807) is 4.57 Å². The molecule has 29 heavy (non-hydrogen) atoms. The third-order valence-corrected chi connectivity index (χ3v) is 5.64. The van der Waals surface area contributed by atoms with E-state index in [2.05, 4.69) is 41.2 Å². The number of fused-ring (bicyclic) bond motifs is 1. The Hall–Kier alpha value is -2.80. The van der Waals surface area contributed by atoms with Crippen molar-refractivity contribution in [3.05, 3.63) is 77.0 Å². The molecule has 0 unspecified atom stereocenters. The molecule has 0 spiro atoms. The molecule has 0 N–H and O–H groups in total. The van der Waals surface area contributed by atoms with Gasteiger partial charge < -0.3 is 0 Å². The first kappa shape index (κ1) is 19.5. The zero-order chi connectivity index (χ0) is 20.2. The number of rotatable bonds is 5. The summed E-state index contributed by atoms with van der Waals surface area (Å²) >= 11 is 6.21. The molecule has 2 heterocycles. The van der Waals surface area contributed by atoms with Crippen LogP contribution in [0.4, 0.5) is 0 Å². The van der Waals surface area contributed by atoms with E-state index in [-0.39, 0.29) is 5.91 Å². The lowest BCUT2D eigenvalue weighted by atomic mass is 9.98. The quantitative estimate of drug-likeness (QED) is 0.516. The zero-order valence-electron chi connectivity index (χ0n) is 16.3. The number of hydrogen-bond donors (Lipinski definition) is 0. The zero-order valence-corrected chi connectivity index (χ0v) is 17.0. The van der Waals surface area contributed by atoms with Gasteiger partial charge in [-0.1, -0.05) is 54.1 Å². The average molecular weight is 403 g/mol. The Morgan fingerprint density at radius 3 is 2.72 bits per heavy atom. The third kappa shape index (κ3) is 4.29. The largest absolute Gasteiger partial charge is 0.295 e. The van der Waals surface area contributed by atoms with Crippen LogP contribution < -0.4 is 0 Å². The normalized spacial score (nSPS) is 14.6. The molecule has 0 atom stereocenters. The van der Waals surface area contributed by atoms with Crippen LogP contribution in [0.2, 0.25) is 5.02 Å². The van der Waals surface area contributed by atoms with Crippen molar-refractivity contribution in [1.29, 1.82) is 0 Å². The topological polar surface area (TPSA) is 25.2 Å². The first-order valence-electron chi connectivity index (χ1n) is 9.88. The minimum absolute atomic E-state index is 0.00332. The number of carbonyl (C=O) groups excluding carboxylic acids is 1. The van der Waals surface area contributed by atoms with E-state index < -0.39 is 0 Å². The van der Waals surface area contributed by atoms with Crippen molar-refractivity contribution in [2.24, 2.45) is 0 Å². The molecular formula is C25H23ClN2O. The molecule has 0 saturated heterocycles. The van der Waals surface area contributed by atoms with E-state index in [0.717, 1.165) is 42.5 Å². The fraction of sp³-hybridized carbons (Fsp3) is 0.240. The van der Waals surface area contributed by atoms with Crippen LogP contribution in [0.15, 0.2) is 60.8 Å². The van der Waals surface area contributed by atoms with Crippen molar-refractivity contribution < 1.29 is 4.79 Å². The molecule has 2 aromatic carbocycles. The highest BCUT2D eigenvalue weighted by Gasteiger charge is 2.19. The van der Waals surface area contributed by atoms with E-state index in [9.17, 15) is 4.79 Å². The molecule has 1 aromatic heterocycles. The Balaban J connectivity index is 1.61. The second kappa shape index (κ2) is 8.69. The van der Waals surface area contributed by atoms with Crippen LogP contribution in [-0.2, 0) is 6.54 Å². The summed E-state index contributed by atoms with van der Waals surface area (Å²) in [4.78, 5) is 15.1. The van der Waals surface area contributed by atoms with Crippen molar-refractivity contribution in [3.63, 3.8) is 0 Å². The highest BCUT2D eigenvalue weighted by molar-refractivity contribution is 6.31. The maximum absolute atomic E-state index is 12.7. The molecule has 0 bridgehead atoms. The second-order valence-electron chi connectivity index (χ2n) is 7.37. The molecule has 1 aliphatic rings. The molecule has 4 heteroatoms. The van der Waals surface area contributed by atoms with Gasteiger partial charge >= 0.3 is 0 Å². The summed E-state index contributed by atoms with van der Waals surface area (Å²) in [7, 11) is 0. The van der Waals surface area contributed by atoms with Crippen LogP contribution >= 0.6 is 11.6 Å². The van der Waals surface area contributed by atoms with Crippen LogP contribution in [0.25, 0.3) is 16.5 Å². The van der Waals surface area contributed by atoms with E-state index in [1.165, 1.54) is 11.1 Å². The lowest BCUT2D eigenvalue weighted by Gasteiger charge is -2.26. The number of halogens is 1. The summed E-state index contributed by atoms with van der Waals surface area (Å²) in [5.74, 6) is 2.55. The minimum atomic E-state index is 0.00332. The van der Waals surface area contributed by atoms with Gasteiger partial charge in [0.1, 0.15) is 0 Å². The van der Waals surface area contributed by atoms with Crippen molar-refractivity contribution >= 4 is 34.0 Å². The van der Waals surface area contributed by atoms with Gasteiger partial charge in [-0.3, -0.25) is 14.3 Å². The lowest BCUT2D eigenvalue weighted by Crippen LogP contribution is -2.27. The molecule has 0 amide bonds. The Morgan fingerprint density at radius 1 is 1.17 bits per heavy atom. The SMILES string of the molecule is C#CCCC(=O)n1cc(C2=CCN(Cc3ccccc3)CC2)c2ccc(Cl)cc21. The molecule has 1 aliphatic heterocycles. The number of aromatic nitrogens is 1. The molecule has 4 rings (SSSR count). The van der Waals surface area contributed by atoms with Crippen molar-refractivity contribution in [2.75, 3.05) is 13.1 Å². The van der Waals surface area contributed by atoms with E-state index in [0.29, 0.717) is 17.9 Å². The lowest BCUT2D eigenvalue weighted by molar-refractivity contribution is 0.0910. The predicted molar refractivity (Wildman–Crippen MR) is 120 cm³/mol. The number of carbonyl (C=O) groups is 1. The number of nitrogens with zero attached hydrogens (tertiary/aromatic N) is 2. The van der Waals surface area contributed by atoms with Crippen LogP contribution in [-0.4, -0.2) is 28.5 Å². The maximum atomic E-state index is 12.7. The van der Waals surface area contributed by atoms with E-state index in [1.807, 2.05) is 30.5 Å². The van der Waals surface area contributed by atoms with E-state index >= 15 is 0 Å². The molecule has 0 saturated carbocycles. The fourth-order valence-electron chi connectivity index (χ4n) is 3.90. The van der Waals surface area contributed by atoms with Gasteiger partial charge in [0.15, 0.2) is 0 Å². The number of terminal acetylenes is 1. The molecule has 3 nitrogen and oxygen atoms in total. The number of hydrogen-bond acceptors (Lipinski definition) is 2. The fourth-order valence-corrected chi connectivity index (χ4v) is 4.07. The van der Waals surface area contributed by atoms with Gasteiger partial charge in [-0.25, -0.2) is 0 Å². The maximum Gasteiger partial charge on any atom is 0.232 e.